The van der Waals surface area contributed by atoms with Gasteiger partial charge in [-0.05, 0) is 40.5 Å². The number of urea groups is 1. The predicted molar refractivity (Wildman–Crippen MR) is 72.5 cm³/mol. The molecule has 1 unspecified atom stereocenters. The van der Waals surface area contributed by atoms with Gasteiger partial charge in [0.05, 0.1) is 11.6 Å². The van der Waals surface area contributed by atoms with Crippen LogP contribution in [-0.4, -0.2) is 23.7 Å². The summed E-state index contributed by atoms with van der Waals surface area (Å²) in [6, 6.07) is 3.31. The molecular weight excluding hydrogens is 319 g/mol. The van der Waals surface area contributed by atoms with E-state index < -0.39 is 23.7 Å². The van der Waals surface area contributed by atoms with Gasteiger partial charge in [0.2, 0.25) is 0 Å². The van der Waals surface area contributed by atoms with Crippen LogP contribution in [0.4, 0.5) is 14.9 Å². The first-order valence-electron chi connectivity index (χ1n) is 5.66. The molecule has 104 valence electrons. The van der Waals surface area contributed by atoms with E-state index in [1.54, 1.807) is 6.92 Å². The Balaban J connectivity index is 2.56. The molecule has 0 aliphatic rings. The summed E-state index contributed by atoms with van der Waals surface area (Å²) in [4.78, 5) is 22.3. The molecule has 1 rings (SSSR count). The number of hydrogen-bond acceptors (Lipinski definition) is 2. The Morgan fingerprint density at radius 3 is 2.74 bits per heavy atom. The molecule has 2 amide bonds. The predicted octanol–water partition coefficient (Wildman–Crippen LogP) is 2.82. The van der Waals surface area contributed by atoms with Crippen LogP contribution in [0.3, 0.4) is 0 Å². The van der Waals surface area contributed by atoms with Gasteiger partial charge in [-0.3, -0.25) is 4.79 Å². The standard InChI is InChI=1S/C12H14BrFN2O3/c1-2-7(11(17)18)6-15-12(19)16-10-5-8(14)3-4-9(10)13/h3-5,7H,2,6H2,1H3,(H,17,18)(H2,15,16,19). The van der Waals surface area contributed by atoms with E-state index in [9.17, 15) is 14.0 Å². The fraction of sp³-hybridized carbons (Fsp3) is 0.333. The summed E-state index contributed by atoms with van der Waals surface area (Å²) in [5, 5.41) is 13.7. The molecule has 0 fully saturated rings. The molecule has 0 aliphatic carbocycles. The lowest BCUT2D eigenvalue weighted by molar-refractivity contribution is -0.141. The monoisotopic (exact) mass is 332 g/mol. The summed E-state index contributed by atoms with van der Waals surface area (Å²) in [7, 11) is 0. The van der Waals surface area contributed by atoms with Crippen molar-refractivity contribution >= 4 is 33.6 Å². The Hall–Kier alpha value is -1.63. The van der Waals surface area contributed by atoms with Gasteiger partial charge in [0.1, 0.15) is 5.82 Å². The first-order chi connectivity index (χ1) is 8.93. The third-order valence-corrected chi connectivity index (χ3v) is 3.22. The number of carbonyl (C=O) groups excluding carboxylic acids is 1. The number of carboxylic acids is 1. The van der Waals surface area contributed by atoms with Crippen LogP contribution in [-0.2, 0) is 4.79 Å². The Bertz CT molecular complexity index is 482. The Morgan fingerprint density at radius 2 is 2.16 bits per heavy atom. The molecule has 0 bridgehead atoms. The second-order valence-electron chi connectivity index (χ2n) is 3.90. The minimum Gasteiger partial charge on any atom is -0.481 e. The number of halogens is 2. The Morgan fingerprint density at radius 1 is 1.47 bits per heavy atom. The van der Waals surface area contributed by atoms with Gasteiger partial charge in [-0.1, -0.05) is 6.92 Å². The summed E-state index contributed by atoms with van der Waals surface area (Å²) in [5.74, 6) is -2.08. The fourth-order valence-electron chi connectivity index (χ4n) is 1.38. The molecule has 7 heteroatoms. The molecule has 19 heavy (non-hydrogen) atoms. The van der Waals surface area contributed by atoms with E-state index in [-0.39, 0.29) is 12.2 Å². The van der Waals surface area contributed by atoms with Gasteiger partial charge < -0.3 is 15.7 Å². The van der Waals surface area contributed by atoms with E-state index in [4.69, 9.17) is 5.11 Å². The normalized spacial score (nSPS) is 11.7. The quantitative estimate of drug-likeness (QED) is 0.775. The third kappa shape index (κ3) is 4.86. The molecule has 0 radical (unpaired) electrons. The van der Waals surface area contributed by atoms with Gasteiger partial charge in [-0.2, -0.15) is 0 Å². The average molecular weight is 333 g/mol. The van der Waals surface area contributed by atoms with Crippen LogP contribution in [0.25, 0.3) is 0 Å². The molecule has 1 aromatic rings. The van der Waals surface area contributed by atoms with Crippen LogP contribution in [0.1, 0.15) is 13.3 Å². The van der Waals surface area contributed by atoms with Gasteiger partial charge >= 0.3 is 12.0 Å². The van der Waals surface area contributed by atoms with Gasteiger partial charge in [0.25, 0.3) is 0 Å². The van der Waals surface area contributed by atoms with Crippen LogP contribution in [0.5, 0.6) is 0 Å². The van der Waals surface area contributed by atoms with Crippen molar-refractivity contribution in [3.05, 3.63) is 28.5 Å². The highest BCUT2D eigenvalue weighted by Crippen LogP contribution is 2.22. The van der Waals surface area contributed by atoms with Crippen molar-refractivity contribution in [2.24, 2.45) is 5.92 Å². The molecule has 3 N–H and O–H groups in total. The maximum absolute atomic E-state index is 13.0. The van der Waals surface area contributed by atoms with Gasteiger partial charge in [-0.15, -0.1) is 0 Å². The van der Waals surface area contributed by atoms with Crippen LogP contribution < -0.4 is 10.6 Å². The van der Waals surface area contributed by atoms with E-state index in [0.717, 1.165) is 6.07 Å². The maximum Gasteiger partial charge on any atom is 0.319 e. The number of carboxylic acid groups (broad SMARTS) is 1. The molecule has 0 saturated heterocycles. The number of anilines is 1. The summed E-state index contributed by atoms with van der Waals surface area (Å²) in [6.07, 6.45) is 0.416. The zero-order valence-electron chi connectivity index (χ0n) is 10.2. The summed E-state index contributed by atoms with van der Waals surface area (Å²) >= 11 is 3.17. The molecule has 0 aliphatic heterocycles. The Kier molecular flexibility index (Phi) is 5.75. The zero-order chi connectivity index (χ0) is 14.4. The molecule has 0 aromatic heterocycles. The van der Waals surface area contributed by atoms with Crippen LogP contribution in [0, 0.1) is 11.7 Å². The first kappa shape index (κ1) is 15.4. The SMILES string of the molecule is CCC(CNC(=O)Nc1cc(F)ccc1Br)C(=O)O. The molecule has 1 aromatic carbocycles. The second-order valence-corrected chi connectivity index (χ2v) is 4.76. The molecular formula is C12H14BrFN2O3. The van der Waals surface area contributed by atoms with E-state index in [1.165, 1.54) is 12.1 Å². The number of rotatable bonds is 5. The van der Waals surface area contributed by atoms with Gasteiger partial charge in [-0.25, -0.2) is 9.18 Å². The van der Waals surface area contributed by atoms with Crippen molar-refractivity contribution < 1.29 is 19.1 Å². The van der Waals surface area contributed by atoms with Crippen LogP contribution >= 0.6 is 15.9 Å². The van der Waals surface area contributed by atoms with Crippen molar-refractivity contribution in [3.8, 4) is 0 Å². The smallest absolute Gasteiger partial charge is 0.319 e. The zero-order valence-corrected chi connectivity index (χ0v) is 11.8. The van der Waals surface area contributed by atoms with Crippen molar-refractivity contribution in [1.82, 2.24) is 5.32 Å². The van der Waals surface area contributed by atoms with E-state index in [1.807, 2.05) is 0 Å². The maximum atomic E-state index is 13.0. The van der Waals surface area contributed by atoms with E-state index in [2.05, 4.69) is 26.6 Å². The average Bonchev–Trinajstić information content (AvgIpc) is 2.34. The first-order valence-corrected chi connectivity index (χ1v) is 6.46. The number of aliphatic carboxylic acids is 1. The number of nitrogens with one attached hydrogen (secondary N) is 2. The number of benzene rings is 1. The summed E-state index contributed by atoms with van der Waals surface area (Å²) in [6.45, 7) is 1.74. The minimum atomic E-state index is -0.963. The molecule has 5 nitrogen and oxygen atoms in total. The lowest BCUT2D eigenvalue weighted by atomic mass is 10.1. The molecule has 1 atom stereocenters. The lowest BCUT2D eigenvalue weighted by Gasteiger charge is -2.12. The number of carbonyl (C=O) groups is 2. The fourth-order valence-corrected chi connectivity index (χ4v) is 1.73. The topological polar surface area (TPSA) is 78.4 Å². The van der Waals surface area contributed by atoms with Gasteiger partial charge in [0, 0.05) is 11.0 Å². The van der Waals surface area contributed by atoms with Crippen molar-refractivity contribution in [1.29, 1.82) is 0 Å². The third-order valence-electron chi connectivity index (χ3n) is 2.53. The second kappa shape index (κ2) is 7.08. The van der Waals surface area contributed by atoms with E-state index in [0.29, 0.717) is 10.9 Å². The molecule has 0 spiro atoms. The Labute approximate surface area is 118 Å². The highest BCUT2D eigenvalue weighted by Gasteiger charge is 2.16. The van der Waals surface area contributed by atoms with Crippen LogP contribution in [0.15, 0.2) is 22.7 Å². The van der Waals surface area contributed by atoms with Gasteiger partial charge in [0.15, 0.2) is 0 Å². The highest BCUT2D eigenvalue weighted by atomic mass is 79.9. The molecule has 0 saturated carbocycles. The summed E-state index contributed by atoms with van der Waals surface area (Å²) < 4.78 is 13.5. The largest absolute Gasteiger partial charge is 0.481 e. The summed E-state index contributed by atoms with van der Waals surface area (Å²) in [5.41, 5.74) is 0.279. The number of hydrogen-bond donors (Lipinski definition) is 3. The van der Waals surface area contributed by atoms with E-state index >= 15 is 0 Å². The lowest BCUT2D eigenvalue weighted by Crippen LogP contribution is -2.35. The highest BCUT2D eigenvalue weighted by molar-refractivity contribution is 9.10. The van der Waals surface area contributed by atoms with Crippen molar-refractivity contribution in [2.45, 2.75) is 13.3 Å². The van der Waals surface area contributed by atoms with Crippen LogP contribution in [0.2, 0.25) is 0 Å². The van der Waals surface area contributed by atoms with Crippen molar-refractivity contribution in [3.63, 3.8) is 0 Å². The minimum absolute atomic E-state index is 0.0185. The van der Waals surface area contributed by atoms with Crippen molar-refractivity contribution in [2.75, 3.05) is 11.9 Å². The molecule has 0 heterocycles. The number of amides is 2.